The van der Waals surface area contributed by atoms with Crippen molar-refractivity contribution in [1.29, 1.82) is 0 Å². The van der Waals surface area contributed by atoms with E-state index in [1.165, 1.54) is 55.6 Å². The fourth-order valence-electron chi connectivity index (χ4n) is 5.76. The number of thiazole rings is 1. The number of halogens is 3. The van der Waals surface area contributed by atoms with Crippen molar-refractivity contribution in [2.24, 2.45) is 5.92 Å². The van der Waals surface area contributed by atoms with Crippen molar-refractivity contribution in [2.45, 2.75) is 29.3 Å². The van der Waals surface area contributed by atoms with Crippen LogP contribution >= 0.6 is 23.1 Å². The molecule has 0 radical (unpaired) electrons. The number of amides is 3. The van der Waals surface area contributed by atoms with E-state index < -0.39 is 69.7 Å². The van der Waals surface area contributed by atoms with Gasteiger partial charge in [-0.2, -0.15) is 13.2 Å². The number of anilines is 2. The number of nitrogens with zero attached hydrogens (tertiary/aromatic N) is 1. The summed E-state index contributed by atoms with van der Waals surface area (Å²) < 4.78 is 58.0. The minimum absolute atomic E-state index is 0.165. The summed E-state index contributed by atoms with van der Waals surface area (Å²) in [6.45, 7) is 1.49. The number of carbonyl (C=O) groups is 4. The molecule has 0 saturated carbocycles. The van der Waals surface area contributed by atoms with E-state index in [1.54, 1.807) is 13.0 Å². The highest BCUT2D eigenvalue weighted by molar-refractivity contribution is 8.00. The first-order valence-corrected chi connectivity index (χ1v) is 16.4. The summed E-state index contributed by atoms with van der Waals surface area (Å²) in [7, 11) is 1.36. The number of esters is 1. The SMILES string of the molecule is CCOC(=O)c1ccc(NC(=O)COc2ccc([C@@H]3c4sc(=O)[nH]c4S[C@H]4C(=O)N(c5ccccc5C(F)(F)F)C(=O)[C@@H]34)cc2OC)cc1. The van der Waals surface area contributed by atoms with Gasteiger partial charge in [0.15, 0.2) is 18.1 Å². The smallest absolute Gasteiger partial charge is 0.418 e. The molecule has 3 amide bonds. The second kappa shape index (κ2) is 13.4. The average molecular weight is 714 g/mol. The lowest BCUT2D eigenvalue weighted by Crippen LogP contribution is -2.33. The van der Waals surface area contributed by atoms with Gasteiger partial charge in [0.2, 0.25) is 11.8 Å². The number of methoxy groups -OCH3 is 1. The van der Waals surface area contributed by atoms with Crippen LogP contribution in [0.15, 0.2) is 76.6 Å². The van der Waals surface area contributed by atoms with E-state index >= 15 is 0 Å². The van der Waals surface area contributed by atoms with Crippen LogP contribution in [-0.4, -0.2) is 54.2 Å². The van der Waals surface area contributed by atoms with Crippen molar-refractivity contribution in [3.63, 3.8) is 0 Å². The summed E-state index contributed by atoms with van der Waals surface area (Å²) in [5.41, 5.74) is -0.511. The molecule has 2 N–H and O–H groups in total. The average Bonchev–Trinajstić information content (AvgIpc) is 3.57. The zero-order chi connectivity index (χ0) is 35.0. The van der Waals surface area contributed by atoms with E-state index in [2.05, 4.69) is 10.3 Å². The molecule has 0 spiro atoms. The summed E-state index contributed by atoms with van der Waals surface area (Å²) in [5.74, 6) is -4.37. The van der Waals surface area contributed by atoms with E-state index in [9.17, 15) is 37.1 Å². The number of thioether (sulfide) groups is 1. The van der Waals surface area contributed by atoms with Crippen molar-refractivity contribution in [2.75, 3.05) is 30.5 Å². The van der Waals surface area contributed by atoms with E-state index in [0.29, 0.717) is 31.6 Å². The van der Waals surface area contributed by atoms with Crippen LogP contribution in [0.25, 0.3) is 0 Å². The number of imide groups is 1. The fraction of sp³-hybridized carbons (Fsp3) is 0.242. The number of fused-ring (bicyclic) bond motifs is 2. The Labute approximate surface area is 284 Å². The summed E-state index contributed by atoms with van der Waals surface area (Å²) in [4.78, 5) is 67.9. The number of ether oxygens (including phenoxy) is 3. The Morgan fingerprint density at radius 1 is 0.980 bits per heavy atom. The number of nitrogens with one attached hydrogen (secondary N) is 2. The van der Waals surface area contributed by atoms with Crippen LogP contribution < -0.4 is 24.6 Å². The first-order valence-electron chi connectivity index (χ1n) is 14.7. The first kappa shape index (κ1) is 33.8. The van der Waals surface area contributed by atoms with Crippen LogP contribution in [0.3, 0.4) is 0 Å². The molecule has 49 heavy (non-hydrogen) atoms. The maximum atomic E-state index is 14.0. The third-order valence-corrected chi connectivity index (χ3v) is 10.3. The Balaban J connectivity index is 1.25. The van der Waals surface area contributed by atoms with Gasteiger partial charge in [-0.3, -0.25) is 19.2 Å². The molecule has 0 aliphatic carbocycles. The molecule has 3 aromatic carbocycles. The van der Waals surface area contributed by atoms with Crippen LogP contribution in [0, 0.1) is 5.92 Å². The second-order valence-corrected chi connectivity index (χ2v) is 13.0. The molecule has 6 rings (SSSR count). The lowest BCUT2D eigenvalue weighted by atomic mass is 9.83. The summed E-state index contributed by atoms with van der Waals surface area (Å²) in [6, 6.07) is 15.1. The number of carbonyl (C=O) groups excluding carboxylic acids is 4. The van der Waals surface area contributed by atoms with Gasteiger partial charge >= 0.3 is 17.0 Å². The second-order valence-electron chi connectivity index (χ2n) is 10.8. The third-order valence-electron chi connectivity index (χ3n) is 7.86. The van der Waals surface area contributed by atoms with Crippen LogP contribution in [0.1, 0.15) is 39.2 Å². The van der Waals surface area contributed by atoms with Crippen molar-refractivity contribution in [3.8, 4) is 11.5 Å². The number of benzene rings is 3. The van der Waals surface area contributed by atoms with Gasteiger partial charge in [-0.15, -0.1) is 0 Å². The van der Waals surface area contributed by atoms with Crippen LogP contribution in [-0.2, 0) is 25.3 Å². The van der Waals surface area contributed by atoms with Gasteiger partial charge in [-0.25, -0.2) is 9.69 Å². The molecule has 1 fully saturated rings. The number of alkyl halides is 3. The molecule has 4 aromatic rings. The molecule has 16 heteroatoms. The Bertz CT molecular complexity index is 2010. The largest absolute Gasteiger partial charge is 0.493 e. The normalized spacial score (nSPS) is 18.5. The minimum atomic E-state index is -4.82. The first-order chi connectivity index (χ1) is 23.4. The molecule has 254 valence electrons. The number of rotatable bonds is 9. The summed E-state index contributed by atoms with van der Waals surface area (Å²) in [6.07, 6.45) is -4.82. The predicted octanol–water partition coefficient (Wildman–Crippen LogP) is 5.45. The van der Waals surface area contributed by atoms with Gasteiger partial charge in [-0.1, -0.05) is 41.3 Å². The van der Waals surface area contributed by atoms with E-state index in [-0.39, 0.29) is 18.1 Å². The number of aromatic amines is 1. The van der Waals surface area contributed by atoms with Crippen molar-refractivity contribution in [1.82, 2.24) is 4.98 Å². The lowest BCUT2D eigenvalue weighted by Gasteiger charge is -2.30. The molecule has 0 unspecified atom stereocenters. The van der Waals surface area contributed by atoms with Crippen molar-refractivity contribution in [3.05, 3.63) is 98.0 Å². The molecule has 11 nitrogen and oxygen atoms in total. The van der Waals surface area contributed by atoms with Gasteiger partial charge in [0.25, 0.3) is 5.91 Å². The maximum Gasteiger partial charge on any atom is 0.418 e. The minimum Gasteiger partial charge on any atom is -0.493 e. The Hall–Kier alpha value is -5.09. The van der Waals surface area contributed by atoms with E-state index in [0.717, 1.165) is 35.2 Å². The predicted molar refractivity (Wildman–Crippen MR) is 173 cm³/mol. The topological polar surface area (TPSA) is 144 Å². The van der Waals surface area contributed by atoms with Crippen LogP contribution in [0.5, 0.6) is 11.5 Å². The molecule has 2 aliphatic rings. The zero-order valence-corrected chi connectivity index (χ0v) is 27.3. The zero-order valence-electron chi connectivity index (χ0n) is 25.7. The van der Waals surface area contributed by atoms with Crippen molar-refractivity contribution < 1.29 is 46.6 Å². The molecular formula is C33H26F3N3O8S2. The molecule has 2 aliphatic heterocycles. The molecule has 3 atom stereocenters. The monoisotopic (exact) mass is 713 g/mol. The maximum absolute atomic E-state index is 14.0. The van der Waals surface area contributed by atoms with E-state index in [4.69, 9.17) is 14.2 Å². The number of H-pyrrole nitrogens is 1. The van der Waals surface area contributed by atoms with Crippen molar-refractivity contribution >= 4 is 58.2 Å². The quantitative estimate of drug-likeness (QED) is 0.171. The van der Waals surface area contributed by atoms with Gasteiger partial charge in [0.05, 0.1) is 41.5 Å². The summed E-state index contributed by atoms with van der Waals surface area (Å²) >= 11 is 1.78. The molecular weight excluding hydrogens is 688 g/mol. The van der Waals surface area contributed by atoms with Gasteiger partial charge in [0.1, 0.15) is 5.25 Å². The van der Waals surface area contributed by atoms with Gasteiger partial charge in [-0.05, 0) is 61.0 Å². The molecule has 3 heterocycles. The molecule has 1 aromatic heterocycles. The molecule has 0 bridgehead atoms. The number of aromatic nitrogens is 1. The van der Waals surface area contributed by atoms with Gasteiger partial charge < -0.3 is 24.5 Å². The standard InChI is InChI=1S/C33H26F3N3O8S2/c1-3-46-31(43)16-8-11-18(12-9-16)37-23(40)15-47-21-13-10-17(14-22(21)45-2)24-25-27(48-28-26(24)49-32(44)38-28)30(42)39(29(25)41)20-7-5-4-6-19(20)33(34,35)36/h4-14,24-25,27H,3,15H2,1-2H3,(H,37,40)(H,38,44)/t24-,25-,27+/m0/s1. The lowest BCUT2D eigenvalue weighted by molar-refractivity contribution is -0.137. The van der Waals surface area contributed by atoms with E-state index in [1.807, 2.05) is 0 Å². The summed E-state index contributed by atoms with van der Waals surface area (Å²) in [5, 5.41) is 1.88. The van der Waals surface area contributed by atoms with Gasteiger partial charge in [0, 0.05) is 16.5 Å². The fourth-order valence-corrected chi connectivity index (χ4v) is 8.28. The highest BCUT2D eigenvalue weighted by Crippen LogP contribution is 2.54. The van der Waals surface area contributed by atoms with Crippen LogP contribution in [0.4, 0.5) is 24.5 Å². The number of hydrogen-bond donors (Lipinski definition) is 2. The number of para-hydroxylation sites is 1. The Morgan fingerprint density at radius 2 is 1.71 bits per heavy atom. The molecule has 1 saturated heterocycles. The highest BCUT2D eigenvalue weighted by atomic mass is 32.2. The Kier molecular flexibility index (Phi) is 9.26. The number of hydrogen-bond acceptors (Lipinski definition) is 10. The Morgan fingerprint density at radius 3 is 2.41 bits per heavy atom. The van der Waals surface area contributed by atoms with Crippen LogP contribution in [0.2, 0.25) is 0 Å². The third kappa shape index (κ3) is 6.53. The highest BCUT2D eigenvalue weighted by Gasteiger charge is 2.57.